The fourth-order valence-corrected chi connectivity index (χ4v) is 3.37. The molecule has 1 aliphatic rings. The molecule has 150 valence electrons. The number of aromatic nitrogens is 3. The van der Waals surface area contributed by atoms with Gasteiger partial charge in [-0.05, 0) is 12.5 Å². The van der Waals surface area contributed by atoms with Crippen molar-refractivity contribution in [3.63, 3.8) is 0 Å². The number of nitrogens with two attached hydrogens (primary N) is 1. The molecule has 1 unspecified atom stereocenters. The van der Waals surface area contributed by atoms with E-state index in [0.29, 0.717) is 5.82 Å². The lowest BCUT2D eigenvalue weighted by atomic mass is 10.1. The second-order valence-electron chi connectivity index (χ2n) is 7.08. The molecule has 0 amide bonds. The van der Waals surface area contributed by atoms with Crippen molar-refractivity contribution >= 4 is 23.6 Å². The molecule has 4 aromatic rings. The number of hydrogen-bond donors (Lipinski definition) is 2. The van der Waals surface area contributed by atoms with Gasteiger partial charge in [0.15, 0.2) is 0 Å². The van der Waals surface area contributed by atoms with Gasteiger partial charge in [-0.3, -0.25) is 4.40 Å². The average molecular weight is 396 g/mol. The molecule has 0 saturated carbocycles. The van der Waals surface area contributed by atoms with Crippen LogP contribution in [0.25, 0.3) is 22.9 Å². The number of imidazole rings is 1. The van der Waals surface area contributed by atoms with Crippen molar-refractivity contribution < 1.29 is 0 Å². The predicted molar refractivity (Wildman–Crippen MR) is 123 cm³/mol. The molecular formula is C24H24N6. The van der Waals surface area contributed by atoms with E-state index >= 15 is 0 Å². The third kappa shape index (κ3) is 3.93. The van der Waals surface area contributed by atoms with E-state index in [1.54, 1.807) is 6.20 Å². The van der Waals surface area contributed by atoms with Crippen LogP contribution >= 0.6 is 0 Å². The average Bonchev–Trinajstić information content (AvgIpc) is 3.43. The van der Waals surface area contributed by atoms with Crippen LogP contribution in [0.2, 0.25) is 0 Å². The summed E-state index contributed by atoms with van der Waals surface area (Å²) < 4.78 is 2.00. The van der Waals surface area contributed by atoms with Crippen molar-refractivity contribution in [1.82, 2.24) is 19.8 Å². The number of nitrogens with one attached hydrogen (secondary N) is 1. The van der Waals surface area contributed by atoms with E-state index in [1.165, 1.54) is 5.56 Å². The van der Waals surface area contributed by atoms with Crippen molar-refractivity contribution in [1.29, 1.82) is 0 Å². The summed E-state index contributed by atoms with van der Waals surface area (Å²) >= 11 is 0. The Balaban J connectivity index is 0.000000265. The van der Waals surface area contributed by atoms with Crippen LogP contribution in [-0.4, -0.2) is 27.1 Å². The first kappa shape index (κ1) is 19.4. The summed E-state index contributed by atoms with van der Waals surface area (Å²) in [6.45, 7) is 6.60. The molecule has 2 aromatic carbocycles. The first-order chi connectivity index (χ1) is 14.7. The third-order valence-electron chi connectivity index (χ3n) is 4.96. The van der Waals surface area contributed by atoms with Gasteiger partial charge in [0.05, 0.1) is 5.92 Å². The standard InChI is InChI=1S/C17H16N6.C7H8/c1-2-11-3-5-12(6-4-11)14-15-16(18)19-7-8-23(15)17(22-14)13-9-20-21-10-13;1-7-5-3-2-4-6-7/h2-9,13,21H,1,10H2,(H2,18,19);2-6H,1H3. The molecule has 0 saturated heterocycles. The molecule has 0 radical (unpaired) electrons. The van der Waals surface area contributed by atoms with E-state index in [9.17, 15) is 0 Å². The summed E-state index contributed by atoms with van der Waals surface area (Å²) in [5.74, 6) is 1.49. The van der Waals surface area contributed by atoms with Crippen molar-refractivity contribution in [2.75, 3.05) is 12.3 Å². The first-order valence-corrected chi connectivity index (χ1v) is 9.80. The number of aryl methyl sites for hydroxylation is 1. The fourth-order valence-electron chi connectivity index (χ4n) is 3.37. The second-order valence-corrected chi connectivity index (χ2v) is 7.08. The maximum atomic E-state index is 6.13. The summed E-state index contributed by atoms with van der Waals surface area (Å²) in [5.41, 5.74) is 14.1. The minimum atomic E-state index is 0.116. The number of hydrogen-bond acceptors (Lipinski definition) is 5. The molecular weight excluding hydrogens is 372 g/mol. The Hall–Kier alpha value is -3.93. The van der Waals surface area contributed by atoms with Crippen LogP contribution in [0, 0.1) is 6.92 Å². The lowest BCUT2D eigenvalue weighted by Gasteiger charge is -2.05. The van der Waals surface area contributed by atoms with Crippen molar-refractivity contribution in [2.45, 2.75) is 12.8 Å². The molecule has 6 nitrogen and oxygen atoms in total. The van der Waals surface area contributed by atoms with Gasteiger partial charge in [0.2, 0.25) is 0 Å². The molecule has 1 aliphatic heterocycles. The number of nitrogen functional groups attached to an aromatic ring is 1. The van der Waals surface area contributed by atoms with Gasteiger partial charge in [-0.2, -0.15) is 5.10 Å². The SMILES string of the molecule is C=Cc1ccc(-c2nc(C3C=NNC3)n3ccnc(N)c23)cc1.Cc1ccccc1. The summed E-state index contributed by atoms with van der Waals surface area (Å²) in [6, 6.07) is 18.3. The highest BCUT2D eigenvalue weighted by Gasteiger charge is 2.23. The van der Waals surface area contributed by atoms with Gasteiger partial charge < -0.3 is 11.2 Å². The first-order valence-electron chi connectivity index (χ1n) is 9.80. The third-order valence-corrected chi connectivity index (χ3v) is 4.96. The van der Waals surface area contributed by atoms with E-state index in [4.69, 9.17) is 10.7 Å². The predicted octanol–water partition coefficient (Wildman–Crippen LogP) is 4.29. The van der Waals surface area contributed by atoms with Gasteiger partial charge in [0.1, 0.15) is 22.9 Å². The van der Waals surface area contributed by atoms with Crippen LogP contribution < -0.4 is 11.2 Å². The van der Waals surface area contributed by atoms with E-state index in [-0.39, 0.29) is 5.92 Å². The van der Waals surface area contributed by atoms with Crippen LogP contribution in [0.3, 0.4) is 0 Å². The zero-order valence-electron chi connectivity index (χ0n) is 16.9. The van der Waals surface area contributed by atoms with Crippen LogP contribution in [0.4, 0.5) is 5.82 Å². The number of fused-ring (bicyclic) bond motifs is 1. The van der Waals surface area contributed by atoms with Gasteiger partial charge in [-0.25, -0.2) is 9.97 Å². The molecule has 6 heteroatoms. The molecule has 1 atom stereocenters. The zero-order chi connectivity index (χ0) is 20.9. The highest BCUT2D eigenvalue weighted by molar-refractivity contribution is 5.86. The molecule has 3 N–H and O–H groups in total. The fraction of sp³-hybridized carbons (Fsp3) is 0.125. The van der Waals surface area contributed by atoms with Crippen LogP contribution in [0.15, 0.2) is 78.7 Å². The topological polar surface area (TPSA) is 80.6 Å². The Morgan fingerprint density at radius 2 is 1.90 bits per heavy atom. The van der Waals surface area contributed by atoms with Crippen molar-refractivity contribution in [2.24, 2.45) is 5.10 Å². The number of rotatable bonds is 3. The number of anilines is 1. The normalized spacial score (nSPS) is 14.8. The van der Waals surface area contributed by atoms with Crippen LogP contribution in [0.1, 0.15) is 22.9 Å². The zero-order valence-corrected chi connectivity index (χ0v) is 16.9. The van der Waals surface area contributed by atoms with E-state index in [2.05, 4.69) is 41.1 Å². The molecule has 0 bridgehead atoms. The second kappa shape index (κ2) is 8.61. The summed E-state index contributed by atoms with van der Waals surface area (Å²) in [7, 11) is 0. The molecule has 2 aromatic heterocycles. The Morgan fingerprint density at radius 1 is 1.13 bits per heavy atom. The molecule has 0 aliphatic carbocycles. The van der Waals surface area contributed by atoms with Gasteiger partial charge in [-0.1, -0.05) is 72.8 Å². The molecule has 5 rings (SSSR count). The smallest absolute Gasteiger partial charge is 0.150 e. The van der Waals surface area contributed by atoms with Gasteiger partial charge in [-0.15, -0.1) is 0 Å². The minimum Gasteiger partial charge on any atom is -0.382 e. The maximum Gasteiger partial charge on any atom is 0.150 e. The quantitative estimate of drug-likeness (QED) is 0.541. The van der Waals surface area contributed by atoms with E-state index in [0.717, 1.165) is 34.7 Å². The van der Waals surface area contributed by atoms with Gasteiger partial charge in [0.25, 0.3) is 0 Å². The summed E-state index contributed by atoms with van der Waals surface area (Å²) in [5, 5.41) is 4.09. The van der Waals surface area contributed by atoms with Gasteiger partial charge >= 0.3 is 0 Å². The largest absolute Gasteiger partial charge is 0.382 e. The maximum absolute atomic E-state index is 6.13. The molecule has 0 spiro atoms. The van der Waals surface area contributed by atoms with Crippen LogP contribution in [0.5, 0.6) is 0 Å². The summed E-state index contributed by atoms with van der Waals surface area (Å²) in [6.07, 6.45) is 7.27. The molecule has 3 heterocycles. The van der Waals surface area contributed by atoms with E-state index < -0.39 is 0 Å². The van der Waals surface area contributed by atoms with Crippen LogP contribution in [-0.2, 0) is 0 Å². The van der Waals surface area contributed by atoms with Crippen molar-refractivity contribution in [3.05, 3.63) is 90.5 Å². The monoisotopic (exact) mass is 396 g/mol. The molecule has 30 heavy (non-hydrogen) atoms. The van der Waals surface area contributed by atoms with E-state index in [1.807, 2.05) is 65.4 Å². The highest BCUT2D eigenvalue weighted by Crippen LogP contribution is 2.30. The lowest BCUT2D eigenvalue weighted by Crippen LogP contribution is -2.11. The highest BCUT2D eigenvalue weighted by atomic mass is 15.3. The van der Waals surface area contributed by atoms with Crippen molar-refractivity contribution in [3.8, 4) is 11.3 Å². The Bertz CT molecular complexity index is 1180. The lowest BCUT2D eigenvalue weighted by molar-refractivity contribution is 0.731. The van der Waals surface area contributed by atoms with Gasteiger partial charge in [0, 0.05) is 30.7 Å². The Labute approximate surface area is 175 Å². The number of nitrogens with zero attached hydrogens (tertiary/aromatic N) is 4. The number of hydrazone groups is 1. The Morgan fingerprint density at radius 3 is 2.50 bits per heavy atom. The Kier molecular flexibility index (Phi) is 5.57. The molecule has 0 fully saturated rings. The number of benzene rings is 2. The minimum absolute atomic E-state index is 0.116. The summed E-state index contributed by atoms with van der Waals surface area (Å²) in [4.78, 5) is 9.06.